The molecule has 0 heterocycles. The van der Waals surface area contributed by atoms with Crippen LogP contribution in [0, 0.1) is 12.7 Å². The highest BCUT2D eigenvalue weighted by atomic mass is 35.5. The molecule has 0 aliphatic rings. The standard InChI is InChI=1S/C12H17ClFNO3S/c1-8-4-11(5-10(6-13)12(8)14)19(16,17)15-7-9(2)18-3/h4-5,9,15H,6-7H2,1-3H3. The molecule has 108 valence electrons. The molecule has 0 radical (unpaired) electrons. The number of aryl methyl sites for hydroxylation is 1. The number of sulfonamides is 1. The summed E-state index contributed by atoms with van der Waals surface area (Å²) in [4.78, 5) is 0.00496. The fourth-order valence-corrected chi connectivity index (χ4v) is 2.90. The van der Waals surface area contributed by atoms with Gasteiger partial charge in [-0.15, -0.1) is 11.6 Å². The zero-order chi connectivity index (χ0) is 14.6. The van der Waals surface area contributed by atoms with Gasteiger partial charge in [0.25, 0.3) is 0 Å². The molecule has 1 atom stereocenters. The minimum atomic E-state index is -3.69. The van der Waals surface area contributed by atoms with Crippen molar-refractivity contribution in [3.05, 3.63) is 29.1 Å². The van der Waals surface area contributed by atoms with Crippen molar-refractivity contribution in [2.24, 2.45) is 0 Å². The molecule has 0 amide bonds. The molecule has 0 saturated heterocycles. The van der Waals surface area contributed by atoms with Gasteiger partial charge in [0.1, 0.15) is 5.82 Å². The fourth-order valence-electron chi connectivity index (χ4n) is 1.45. The second kappa shape index (κ2) is 6.65. The number of hydrogen-bond acceptors (Lipinski definition) is 3. The molecule has 4 nitrogen and oxygen atoms in total. The van der Waals surface area contributed by atoms with E-state index in [1.807, 2.05) is 0 Å². The Bertz CT molecular complexity index is 548. The van der Waals surface area contributed by atoms with Gasteiger partial charge in [-0.25, -0.2) is 17.5 Å². The number of nitrogens with one attached hydrogen (secondary N) is 1. The first kappa shape index (κ1) is 16.4. The summed E-state index contributed by atoms with van der Waals surface area (Å²) in [6.07, 6.45) is -0.246. The zero-order valence-electron chi connectivity index (χ0n) is 11.0. The van der Waals surface area contributed by atoms with Crippen LogP contribution in [0.1, 0.15) is 18.1 Å². The van der Waals surface area contributed by atoms with E-state index in [2.05, 4.69) is 4.72 Å². The van der Waals surface area contributed by atoms with E-state index in [4.69, 9.17) is 16.3 Å². The minimum Gasteiger partial charge on any atom is -0.380 e. The topological polar surface area (TPSA) is 55.4 Å². The zero-order valence-corrected chi connectivity index (χ0v) is 12.6. The fraction of sp³-hybridized carbons (Fsp3) is 0.500. The van der Waals surface area contributed by atoms with E-state index in [1.54, 1.807) is 6.92 Å². The van der Waals surface area contributed by atoms with Crippen molar-refractivity contribution in [3.63, 3.8) is 0 Å². The minimum absolute atomic E-state index is 0.00496. The average molecular weight is 310 g/mol. The van der Waals surface area contributed by atoms with Crippen LogP contribution in [0.2, 0.25) is 0 Å². The van der Waals surface area contributed by atoms with Crippen molar-refractivity contribution < 1.29 is 17.5 Å². The Morgan fingerprint density at radius 2 is 2.11 bits per heavy atom. The summed E-state index contributed by atoms with van der Waals surface area (Å²) in [7, 11) is -2.20. The Kier molecular flexibility index (Phi) is 5.73. The van der Waals surface area contributed by atoms with E-state index in [-0.39, 0.29) is 34.6 Å². The van der Waals surface area contributed by atoms with Crippen molar-refractivity contribution in [1.82, 2.24) is 4.72 Å². The molecule has 1 rings (SSSR count). The van der Waals surface area contributed by atoms with Crippen LogP contribution in [0.25, 0.3) is 0 Å². The number of methoxy groups -OCH3 is 1. The van der Waals surface area contributed by atoms with Gasteiger partial charge in [0.05, 0.1) is 16.9 Å². The SMILES string of the molecule is COC(C)CNS(=O)(=O)c1cc(C)c(F)c(CCl)c1. The third-order valence-electron chi connectivity index (χ3n) is 2.72. The molecule has 0 spiro atoms. The number of ether oxygens (including phenoxy) is 1. The second-order valence-corrected chi connectivity index (χ2v) is 6.28. The Morgan fingerprint density at radius 1 is 1.47 bits per heavy atom. The predicted octanol–water partition coefficient (Wildman–Crippen LogP) is 2.19. The van der Waals surface area contributed by atoms with Crippen molar-refractivity contribution in [2.45, 2.75) is 30.7 Å². The van der Waals surface area contributed by atoms with Gasteiger partial charge in [-0.3, -0.25) is 0 Å². The van der Waals surface area contributed by atoms with Crippen LogP contribution >= 0.6 is 11.6 Å². The van der Waals surface area contributed by atoms with Gasteiger partial charge in [0.2, 0.25) is 10.0 Å². The van der Waals surface area contributed by atoms with Gasteiger partial charge in [0.15, 0.2) is 0 Å². The lowest BCUT2D eigenvalue weighted by atomic mass is 10.1. The molecule has 0 aliphatic carbocycles. The number of halogens is 2. The summed E-state index contributed by atoms with van der Waals surface area (Å²) in [5.74, 6) is -0.552. The summed E-state index contributed by atoms with van der Waals surface area (Å²) < 4.78 is 45.1. The maximum atomic E-state index is 13.6. The lowest BCUT2D eigenvalue weighted by molar-refractivity contribution is 0.122. The van der Waals surface area contributed by atoms with Crippen LogP contribution in [0.5, 0.6) is 0 Å². The van der Waals surface area contributed by atoms with Crippen molar-refractivity contribution >= 4 is 21.6 Å². The molecule has 1 N–H and O–H groups in total. The summed E-state index contributed by atoms with van der Waals surface area (Å²) in [5.41, 5.74) is 0.417. The Labute approximate surface area is 118 Å². The molecule has 7 heteroatoms. The average Bonchev–Trinajstić information content (AvgIpc) is 2.38. The molecule has 0 aliphatic heterocycles. The first-order chi connectivity index (χ1) is 8.81. The third-order valence-corrected chi connectivity index (χ3v) is 4.41. The molecular weight excluding hydrogens is 293 g/mol. The summed E-state index contributed by atoms with van der Waals surface area (Å²) in [6, 6.07) is 2.53. The smallest absolute Gasteiger partial charge is 0.240 e. The lowest BCUT2D eigenvalue weighted by Crippen LogP contribution is -2.31. The first-order valence-electron chi connectivity index (χ1n) is 5.69. The number of hydrogen-bond donors (Lipinski definition) is 1. The predicted molar refractivity (Wildman–Crippen MR) is 72.4 cm³/mol. The molecule has 0 aromatic heterocycles. The van der Waals surface area contributed by atoms with E-state index in [1.165, 1.54) is 26.2 Å². The molecule has 0 fully saturated rings. The summed E-state index contributed by atoms with van der Waals surface area (Å²) >= 11 is 5.60. The van der Waals surface area contributed by atoms with E-state index < -0.39 is 15.8 Å². The number of benzene rings is 1. The van der Waals surface area contributed by atoms with Crippen molar-refractivity contribution in [2.75, 3.05) is 13.7 Å². The highest BCUT2D eigenvalue weighted by Crippen LogP contribution is 2.20. The number of rotatable bonds is 6. The van der Waals surface area contributed by atoms with Gasteiger partial charge >= 0.3 is 0 Å². The lowest BCUT2D eigenvalue weighted by Gasteiger charge is -2.13. The number of alkyl halides is 1. The van der Waals surface area contributed by atoms with Crippen LogP contribution in [-0.4, -0.2) is 28.2 Å². The van der Waals surface area contributed by atoms with E-state index in [9.17, 15) is 12.8 Å². The van der Waals surface area contributed by atoms with Gasteiger partial charge in [-0.05, 0) is 31.5 Å². The molecular formula is C12H17ClFNO3S. The molecule has 19 heavy (non-hydrogen) atoms. The van der Waals surface area contributed by atoms with Gasteiger partial charge in [-0.1, -0.05) is 0 Å². The molecule has 1 aromatic rings. The highest BCUT2D eigenvalue weighted by Gasteiger charge is 2.18. The van der Waals surface area contributed by atoms with Gasteiger partial charge in [0, 0.05) is 19.2 Å². The molecule has 0 saturated carbocycles. The second-order valence-electron chi connectivity index (χ2n) is 4.25. The van der Waals surface area contributed by atoms with Crippen LogP contribution in [0.15, 0.2) is 17.0 Å². The third kappa shape index (κ3) is 4.14. The molecule has 1 aromatic carbocycles. The van der Waals surface area contributed by atoms with Crippen LogP contribution in [0.3, 0.4) is 0 Å². The van der Waals surface area contributed by atoms with Crippen LogP contribution in [-0.2, 0) is 20.6 Å². The normalized spacial score (nSPS) is 13.5. The monoisotopic (exact) mass is 309 g/mol. The first-order valence-corrected chi connectivity index (χ1v) is 7.71. The molecule has 1 unspecified atom stereocenters. The Balaban J connectivity index is 3.05. The highest BCUT2D eigenvalue weighted by molar-refractivity contribution is 7.89. The van der Waals surface area contributed by atoms with Crippen molar-refractivity contribution in [3.8, 4) is 0 Å². The van der Waals surface area contributed by atoms with Gasteiger partial charge < -0.3 is 4.74 Å². The summed E-state index contributed by atoms with van der Waals surface area (Å²) in [5, 5.41) is 0. The maximum absolute atomic E-state index is 13.6. The molecule has 0 bridgehead atoms. The van der Waals surface area contributed by atoms with E-state index >= 15 is 0 Å². The Morgan fingerprint density at radius 3 is 2.63 bits per heavy atom. The maximum Gasteiger partial charge on any atom is 0.240 e. The van der Waals surface area contributed by atoms with Gasteiger partial charge in [-0.2, -0.15) is 0 Å². The van der Waals surface area contributed by atoms with Crippen molar-refractivity contribution in [1.29, 1.82) is 0 Å². The Hall–Kier alpha value is -0.690. The quantitative estimate of drug-likeness (QED) is 0.820. The summed E-state index contributed by atoms with van der Waals surface area (Å²) in [6.45, 7) is 3.39. The van der Waals surface area contributed by atoms with Crippen LogP contribution < -0.4 is 4.72 Å². The van der Waals surface area contributed by atoms with Crippen LogP contribution in [0.4, 0.5) is 4.39 Å². The van der Waals surface area contributed by atoms with E-state index in [0.717, 1.165) is 0 Å². The largest absolute Gasteiger partial charge is 0.380 e. The van der Waals surface area contributed by atoms with E-state index in [0.29, 0.717) is 0 Å².